The maximum atomic E-state index is 13.2. The molecule has 1 N–H and O–H groups in total. The maximum absolute atomic E-state index is 13.2. The molecule has 1 aromatic carbocycles. The molecule has 1 unspecified atom stereocenters. The predicted molar refractivity (Wildman–Crippen MR) is 107 cm³/mol. The van der Waals surface area contributed by atoms with Crippen molar-refractivity contribution >= 4 is 35.0 Å². The second-order valence-corrected chi connectivity index (χ2v) is 7.58. The van der Waals surface area contributed by atoms with Gasteiger partial charge in [-0.1, -0.05) is 56.3 Å². The van der Waals surface area contributed by atoms with Crippen molar-refractivity contribution in [1.29, 1.82) is 0 Å². The highest BCUT2D eigenvalue weighted by molar-refractivity contribution is 6.30. The van der Waals surface area contributed by atoms with Gasteiger partial charge in [-0.2, -0.15) is 0 Å². The standard InChI is InChI=1S/C20H28Cl2N2O2/c1-2-13-24(18(25)14-21)19(15-9-11-16(22)12-10-15)20(26)23-17-7-5-3-4-6-8-17/h9-12,17,19H,2-8,13-14H2,1H3,(H,23,26). The minimum atomic E-state index is -0.679. The Bertz CT molecular complexity index is 584. The van der Waals surface area contributed by atoms with Crippen LogP contribution in [0.5, 0.6) is 0 Å². The number of halogens is 2. The minimum Gasteiger partial charge on any atom is -0.351 e. The highest BCUT2D eigenvalue weighted by atomic mass is 35.5. The Kier molecular flexibility index (Phi) is 8.73. The molecule has 2 amide bonds. The number of rotatable bonds is 7. The molecular formula is C20H28Cl2N2O2. The Morgan fingerprint density at radius 2 is 1.77 bits per heavy atom. The first kappa shape index (κ1) is 21.0. The molecule has 0 bridgehead atoms. The van der Waals surface area contributed by atoms with Crippen LogP contribution in [0.3, 0.4) is 0 Å². The lowest BCUT2D eigenvalue weighted by Gasteiger charge is -2.32. The summed E-state index contributed by atoms with van der Waals surface area (Å²) in [6.07, 6.45) is 7.46. The fourth-order valence-electron chi connectivity index (χ4n) is 3.54. The molecule has 1 aliphatic carbocycles. The van der Waals surface area contributed by atoms with E-state index in [4.69, 9.17) is 23.2 Å². The molecule has 4 nitrogen and oxygen atoms in total. The molecule has 144 valence electrons. The van der Waals surface area contributed by atoms with E-state index in [0.717, 1.165) is 37.7 Å². The number of nitrogens with zero attached hydrogens (tertiary/aromatic N) is 1. The first-order valence-electron chi connectivity index (χ1n) is 9.48. The summed E-state index contributed by atoms with van der Waals surface area (Å²) in [7, 11) is 0. The number of carbonyl (C=O) groups excluding carboxylic acids is 2. The van der Waals surface area contributed by atoms with Crippen LogP contribution in [0.2, 0.25) is 5.02 Å². The number of hydrogen-bond donors (Lipinski definition) is 1. The highest BCUT2D eigenvalue weighted by Crippen LogP contribution is 2.25. The van der Waals surface area contributed by atoms with Crippen LogP contribution in [0.25, 0.3) is 0 Å². The van der Waals surface area contributed by atoms with Gasteiger partial charge in [0.2, 0.25) is 11.8 Å². The van der Waals surface area contributed by atoms with E-state index in [1.165, 1.54) is 12.8 Å². The Morgan fingerprint density at radius 3 is 2.31 bits per heavy atom. The topological polar surface area (TPSA) is 49.4 Å². The number of nitrogens with one attached hydrogen (secondary N) is 1. The molecule has 6 heteroatoms. The Hall–Kier alpha value is -1.26. The zero-order valence-electron chi connectivity index (χ0n) is 15.3. The van der Waals surface area contributed by atoms with E-state index >= 15 is 0 Å². The number of carbonyl (C=O) groups is 2. The Balaban J connectivity index is 2.26. The lowest BCUT2D eigenvalue weighted by molar-refractivity contribution is -0.139. The highest BCUT2D eigenvalue weighted by Gasteiger charge is 2.31. The second-order valence-electron chi connectivity index (χ2n) is 6.87. The average molecular weight is 399 g/mol. The summed E-state index contributed by atoms with van der Waals surface area (Å²) in [6.45, 7) is 2.47. The van der Waals surface area contributed by atoms with Gasteiger partial charge < -0.3 is 10.2 Å². The van der Waals surface area contributed by atoms with Gasteiger partial charge in [0.25, 0.3) is 0 Å². The fourth-order valence-corrected chi connectivity index (χ4v) is 3.82. The summed E-state index contributed by atoms with van der Waals surface area (Å²) in [5.41, 5.74) is 0.757. The molecule has 2 rings (SSSR count). The van der Waals surface area contributed by atoms with Gasteiger partial charge in [0.15, 0.2) is 0 Å². The van der Waals surface area contributed by atoms with Gasteiger partial charge in [-0.25, -0.2) is 0 Å². The third kappa shape index (κ3) is 5.88. The van der Waals surface area contributed by atoms with Crippen molar-refractivity contribution in [2.45, 2.75) is 64.0 Å². The monoisotopic (exact) mass is 398 g/mol. The van der Waals surface area contributed by atoms with Crippen LogP contribution in [0, 0.1) is 0 Å². The molecule has 0 aliphatic heterocycles. The smallest absolute Gasteiger partial charge is 0.247 e. The van der Waals surface area contributed by atoms with Crippen molar-refractivity contribution in [2.75, 3.05) is 12.4 Å². The quantitative estimate of drug-likeness (QED) is 0.534. The van der Waals surface area contributed by atoms with Crippen LogP contribution < -0.4 is 5.32 Å². The molecule has 1 aromatic rings. The first-order chi connectivity index (χ1) is 12.6. The third-order valence-corrected chi connectivity index (χ3v) is 5.33. The number of amides is 2. The summed E-state index contributed by atoms with van der Waals surface area (Å²) in [5, 5.41) is 3.78. The summed E-state index contributed by atoms with van der Waals surface area (Å²) >= 11 is 11.8. The van der Waals surface area contributed by atoms with E-state index in [0.29, 0.717) is 11.6 Å². The molecular weight excluding hydrogens is 371 g/mol. The van der Waals surface area contributed by atoms with Gasteiger partial charge in [0, 0.05) is 17.6 Å². The number of benzene rings is 1. The molecule has 0 radical (unpaired) electrons. The maximum Gasteiger partial charge on any atom is 0.247 e. The molecule has 1 saturated carbocycles. The fraction of sp³-hybridized carbons (Fsp3) is 0.600. The van der Waals surface area contributed by atoms with Crippen molar-refractivity contribution in [3.05, 3.63) is 34.9 Å². The van der Waals surface area contributed by atoms with Crippen LogP contribution in [-0.2, 0) is 9.59 Å². The Labute approximate surface area is 166 Å². The predicted octanol–water partition coefficient (Wildman–Crippen LogP) is 4.70. The number of alkyl halides is 1. The molecule has 0 saturated heterocycles. The summed E-state index contributed by atoms with van der Waals surface area (Å²) < 4.78 is 0. The van der Waals surface area contributed by atoms with Gasteiger partial charge in [0.1, 0.15) is 11.9 Å². The average Bonchev–Trinajstić information content (AvgIpc) is 2.90. The summed E-state index contributed by atoms with van der Waals surface area (Å²) in [6, 6.07) is 6.61. The van der Waals surface area contributed by atoms with E-state index in [-0.39, 0.29) is 23.7 Å². The molecule has 0 spiro atoms. The molecule has 0 heterocycles. The molecule has 1 aliphatic rings. The van der Waals surface area contributed by atoms with Crippen LogP contribution in [-0.4, -0.2) is 35.2 Å². The lowest BCUT2D eigenvalue weighted by Crippen LogP contribution is -2.47. The Morgan fingerprint density at radius 1 is 1.15 bits per heavy atom. The minimum absolute atomic E-state index is 0.133. The van der Waals surface area contributed by atoms with Gasteiger partial charge >= 0.3 is 0 Å². The van der Waals surface area contributed by atoms with Gasteiger partial charge in [0.05, 0.1) is 0 Å². The van der Waals surface area contributed by atoms with Crippen molar-refractivity contribution in [2.24, 2.45) is 0 Å². The summed E-state index contributed by atoms with van der Waals surface area (Å²) in [5.74, 6) is -0.503. The molecule has 0 aromatic heterocycles. The summed E-state index contributed by atoms with van der Waals surface area (Å²) in [4.78, 5) is 27.2. The van der Waals surface area contributed by atoms with Crippen molar-refractivity contribution < 1.29 is 9.59 Å². The largest absolute Gasteiger partial charge is 0.351 e. The molecule has 26 heavy (non-hydrogen) atoms. The van der Waals surface area contributed by atoms with Crippen LogP contribution in [0.1, 0.15) is 63.5 Å². The van der Waals surface area contributed by atoms with E-state index < -0.39 is 6.04 Å². The van der Waals surface area contributed by atoms with Crippen molar-refractivity contribution in [1.82, 2.24) is 10.2 Å². The van der Waals surface area contributed by atoms with Crippen molar-refractivity contribution in [3.63, 3.8) is 0 Å². The zero-order valence-corrected chi connectivity index (χ0v) is 16.9. The second kappa shape index (κ2) is 10.8. The van der Waals surface area contributed by atoms with Crippen LogP contribution in [0.15, 0.2) is 24.3 Å². The first-order valence-corrected chi connectivity index (χ1v) is 10.4. The SMILES string of the molecule is CCCN(C(=O)CCl)C(C(=O)NC1CCCCCC1)c1ccc(Cl)cc1. The molecule has 1 fully saturated rings. The van der Waals surface area contributed by atoms with E-state index in [9.17, 15) is 9.59 Å². The van der Waals surface area contributed by atoms with Crippen molar-refractivity contribution in [3.8, 4) is 0 Å². The van der Waals surface area contributed by atoms with Crippen LogP contribution >= 0.6 is 23.2 Å². The zero-order chi connectivity index (χ0) is 18.9. The number of hydrogen-bond acceptors (Lipinski definition) is 2. The third-order valence-electron chi connectivity index (χ3n) is 4.85. The van der Waals surface area contributed by atoms with E-state index in [2.05, 4.69) is 5.32 Å². The normalized spacial score (nSPS) is 16.6. The van der Waals surface area contributed by atoms with Crippen LogP contribution in [0.4, 0.5) is 0 Å². The lowest BCUT2D eigenvalue weighted by atomic mass is 10.0. The molecule has 1 atom stereocenters. The van der Waals surface area contributed by atoms with Gasteiger partial charge in [-0.15, -0.1) is 11.6 Å². The van der Waals surface area contributed by atoms with E-state index in [1.54, 1.807) is 17.0 Å². The van der Waals surface area contributed by atoms with Gasteiger partial charge in [-0.05, 0) is 37.0 Å². The van der Waals surface area contributed by atoms with Gasteiger partial charge in [-0.3, -0.25) is 9.59 Å². The van der Waals surface area contributed by atoms with E-state index in [1.807, 2.05) is 19.1 Å².